The van der Waals surface area contributed by atoms with Crippen LogP contribution in [-0.2, 0) is 6.54 Å². The van der Waals surface area contributed by atoms with E-state index in [2.05, 4.69) is 4.90 Å². The molecule has 0 bridgehead atoms. The van der Waals surface area contributed by atoms with Gasteiger partial charge in [0.2, 0.25) is 0 Å². The predicted octanol–water partition coefficient (Wildman–Crippen LogP) is 2.55. The second-order valence-corrected chi connectivity index (χ2v) is 6.16. The molecule has 3 nitrogen and oxygen atoms in total. The first-order chi connectivity index (χ1) is 9.17. The van der Waals surface area contributed by atoms with Crippen LogP contribution in [0.3, 0.4) is 0 Å². The summed E-state index contributed by atoms with van der Waals surface area (Å²) in [5.41, 5.74) is 1.13. The number of rotatable bonds is 3. The van der Waals surface area contributed by atoms with Crippen LogP contribution in [0.25, 0.3) is 0 Å². The summed E-state index contributed by atoms with van der Waals surface area (Å²) < 4.78 is 5.39. The molecule has 19 heavy (non-hydrogen) atoms. The van der Waals surface area contributed by atoms with Crippen LogP contribution in [0.4, 0.5) is 0 Å². The maximum absolute atomic E-state index is 9.96. The van der Waals surface area contributed by atoms with Gasteiger partial charge in [-0.15, -0.1) is 0 Å². The summed E-state index contributed by atoms with van der Waals surface area (Å²) in [5.74, 6) is 2.02. The Balaban J connectivity index is 1.71. The van der Waals surface area contributed by atoms with E-state index in [1.165, 1.54) is 0 Å². The Kier molecular flexibility index (Phi) is 3.70. The van der Waals surface area contributed by atoms with Crippen molar-refractivity contribution in [2.24, 2.45) is 11.8 Å². The molecular formula is C15H20ClNO2. The molecule has 3 unspecified atom stereocenters. The van der Waals surface area contributed by atoms with Gasteiger partial charge in [-0.05, 0) is 37.0 Å². The maximum atomic E-state index is 9.96. The van der Waals surface area contributed by atoms with Crippen molar-refractivity contribution in [3.63, 3.8) is 0 Å². The molecule has 0 radical (unpaired) electrons. The Morgan fingerprint density at radius 3 is 2.95 bits per heavy atom. The highest BCUT2D eigenvalue weighted by molar-refractivity contribution is 6.30. The minimum atomic E-state index is -0.101. The molecule has 3 rings (SSSR count). The van der Waals surface area contributed by atoms with Crippen LogP contribution in [0.15, 0.2) is 18.2 Å². The van der Waals surface area contributed by atoms with Crippen molar-refractivity contribution in [2.75, 3.05) is 20.2 Å². The number of aliphatic hydroxyl groups is 1. The van der Waals surface area contributed by atoms with Crippen molar-refractivity contribution in [1.29, 1.82) is 0 Å². The molecule has 1 heterocycles. The first-order valence-corrected chi connectivity index (χ1v) is 7.28. The fourth-order valence-corrected chi connectivity index (χ4v) is 3.76. The summed E-state index contributed by atoms with van der Waals surface area (Å²) in [4.78, 5) is 2.41. The molecule has 1 aliphatic heterocycles. The number of benzene rings is 1. The van der Waals surface area contributed by atoms with E-state index in [1.807, 2.05) is 18.2 Å². The normalized spacial score (nSPS) is 30.6. The van der Waals surface area contributed by atoms with Gasteiger partial charge >= 0.3 is 0 Å². The summed E-state index contributed by atoms with van der Waals surface area (Å²) in [6, 6.07) is 5.75. The lowest BCUT2D eigenvalue weighted by molar-refractivity contribution is 0.123. The van der Waals surface area contributed by atoms with E-state index in [0.29, 0.717) is 11.8 Å². The minimum absolute atomic E-state index is 0.101. The average molecular weight is 282 g/mol. The van der Waals surface area contributed by atoms with Gasteiger partial charge in [-0.2, -0.15) is 0 Å². The number of nitrogens with zero attached hydrogens (tertiary/aromatic N) is 1. The predicted molar refractivity (Wildman–Crippen MR) is 75.5 cm³/mol. The van der Waals surface area contributed by atoms with Crippen LogP contribution in [0, 0.1) is 11.8 Å². The van der Waals surface area contributed by atoms with Crippen LogP contribution < -0.4 is 4.74 Å². The molecule has 0 aromatic heterocycles. The van der Waals surface area contributed by atoms with Crippen molar-refractivity contribution in [3.05, 3.63) is 28.8 Å². The van der Waals surface area contributed by atoms with Gasteiger partial charge < -0.3 is 9.84 Å². The number of fused-ring (bicyclic) bond motifs is 1. The van der Waals surface area contributed by atoms with Crippen LogP contribution in [0.2, 0.25) is 5.02 Å². The molecule has 4 heteroatoms. The summed E-state index contributed by atoms with van der Waals surface area (Å²) in [5, 5.41) is 10.7. The molecule has 1 saturated carbocycles. The van der Waals surface area contributed by atoms with Crippen molar-refractivity contribution in [1.82, 2.24) is 4.90 Å². The second kappa shape index (κ2) is 5.31. The molecule has 1 aliphatic carbocycles. The number of methoxy groups -OCH3 is 1. The number of aliphatic hydroxyl groups excluding tert-OH is 1. The third-order valence-electron chi connectivity index (χ3n) is 4.53. The number of ether oxygens (including phenoxy) is 1. The Morgan fingerprint density at radius 2 is 2.21 bits per heavy atom. The standard InChI is InChI=1S/C15H20ClNO2/c1-19-15-5-3-12(16)6-11(15)8-17-7-10-2-4-14(18)13(10)9-17/h3,5-6,10,13-14,18H,2,4,7-9H2,1H3. The van der Waals surface area contributed by atoms with E-state index in [4.69, 9.17) is 16.3 Å². The first kappa shape index (κ1) is 13.2. The lowest BCUT2D eigenvalue weighted by Crippen LogP contribution is -2.24. The fraction of sp³-hybridized carbons (Fsp3) is 0.600. The van der Waals surface area contributed by atoms with E-state index in [-0.39, 0.29) is 6.10 Å². The van der Waals surface area contributed by atoms with Gasteiger partial charge in [0.1, 0.15) is 5.75 Å². The summed E-state index contributed by atoms with van der Waals surface area (Å²) in [7, 11) is 1.69. The van der Waals surface area contributed by atoms with Gasteiger partial charge in [0, 0.05) is 36.1 Å². The number of hydrogen-bond acceptors (Lipinski definition) is 3. The minimum Gasteiger partial charge on any atom is -0.496 e. The summed E-state index contributed by atoms with van der Waals surface area (Å²) >= 11 is 6.06. The van der Waals surface area contributed by atoms with E-state index in [9.17, 15) is 5.11 Å². The maximum Gasteiger partial charge on any atom is 0.123 e. The lowest BCUT2D eigenvalue weighted by atomic mass is 10.00. The number of halogens is 1. The topological polar surface area (TPSA) is 32.7 Å². The molecule has 1 aromatic rings. The van der Waals surface area contributed by atoms with Gasteiger partial charge in [0.25, 0.3) is 0 Å². The lowest BCUT2D eigenvalue weighted by Gasteiger charge is -2.19. The molecule has 1 N–H and O–H groups in total. The Bertz CT molecular complexity index is 465. The van der Waals surface area contributed by atoms with E-state index >= 15 is 0 Å². The highest BCUT2D eigenvalue weighted by atomic mass is 35.5. The van der Waals surface area contributed by atoms with Crippen LogP contribution in [0.5, 0.6) is 5.75 Å². The van der Waals surface area contributed by atoms with Gasteiger partial charge in [0.15, 0.2) is 0 Å². The first-order valence-electron chi connectivity index (χ1n) is 6.90. The zero-order valence-corrected chi connectivity index (χ0v) is 11.9. The molecule has 0 spiro atoms. The van der Waals surface area contributed by atoms with Gasteiger partial charge in [-0.25, -0.2) is 0 Å². The monoisotopic (exact) mass is 281 g/mol. The van der Waals surface area contributed by atoms with E-state index in [0.717, 1.165) is 48.8 Å². The van der Waals surface area contributed by atoms with Crippen LogP contribution in [0.1, 0.15) is 18.4 Å². The molecule has 1 saturated heterocycles. The van der Waals surface area contributed by atoms with Crippen LogP contribution >= 0.6 is 11.6 Å². The fourth-order valence-electron chi connectivity index (χ4n) is 3.57. The third-order valence-corrected chi connectivity index (χ3v) is 4.77. The molecule has 2 aliphatic rings. The van der Waals surface area contributed by atoms with E-state index in [1.54, 1.807) is 7.11 Å². The smallest absolute Gasteiger partial charge is 0.123 e. The summed E-state index contributed by atoms with van der Waals surface area (Å²) in [6.07, 6.45) is 2.04. The van der Waals surface area contributed by atoms with Crippen LogP contribution in [-0.4, -0.2) is 36.3 Å². The molecule has 2 fully saturated rings. The average Bonchev–Trinajstić information content (AvgIpc) is 2.92. The zero-order chi connectivity index (χ0) is 13.4. The zero-order valence-electron chi connectivity index (χ0n) is 11.2. The SMILES string of the molecule is COc1ccc(Cl)cc1CN1CC2CCC(O)C2C1. The van der Waals surface area contributed by atoms with Gasteiger partial charge in [-0.1, -0.05) is 11.6 Å². The quantitative estimate of drug-likeness (QED) is 0.924. The highest BCUT2D eigenvalue weighted by Gasteiger charge is 2.41. The van der Waals surface area contributed by atoms with Gasteiger partial charge in [0.05, 0.1) is 13.2 Å². The largest absolute Gasteiger partial charge is 0.496 e. The summed E-state index contributed by atoms with van der Waals surface area (Å²) in [6.45, 7) is 2.92. The van der Waals surface area contributed by atoms with E-state index < -0.39 is 0 Å². The number of likely N-dealkylation sites (tertiary alicyclic amines) is 1. The number of hydrogen-bond donors (Lipinski definition) is 1. The third kappa shape index (κ3) is 2.60. The molecule has 3 atom stereocenters. The van der Waals surface area contributed by atoms with Gasteiger partial charge in [-0.3, -0.25) is 4.90 Å². The van der Waals surface area contributed by atoms with Crippen molar-refractivity contribution >= 4 is 11.6 Å². The molecule has 1 aromatic carbocycles. The van der Waals surface area contributed by atoms with Crippen molar-refractivity contribution < 1.29 is 9.84 Å². The molecule has 104 valence electrons. The highest BCUT2D eigenvalue weighted by Crippen LogP contribution is 2.39. The second-order valence-electron chi connectivity index (χ2n) is 5.72. The molecular weight excluding hydrogens is 262 g/mol. The molecule has 0 amide bonds. The Hall–Kier alpha value is -0.770. The Labute approximate surface area is 119 Å². The van der Waals surface area contributed by atoms with Crippen molar-refractivity contribution in [3.8, 4) is 5.75 Å². The van der Waals surface area contributed by atoms with Crippen molar-refractivity contribution in [2.45, 2.75) is 25.5 Å². The Morgan fingerprint density at radius 1 is 1.37 bits per heavy atom.